The van der Waals surface area contributed by atoms with E-state index in [1.165, 1.54) is 0 Å². The van der Waals surface area contributed by atoms with Gasteiger partial charge in [-0.3, -0.25) is 9.69 Å². The number of carboxylic acid groups (broad SMARTS) is 1. The highest BCUT2D eigenvalue weighted by atomic mass is 16.5. The van der Waals surface area contributed by atoms with Crippen molar-refractivity contribution in [1.82, 2.24) is 4.90 Å². The van der Waals surface area contributed by atoms with Crippen LogP contribution in [0.4, 0.5) is 0 Å². The van der Waals surface area contributed by atoms with E-state index in [1.807, 2.05) is 0 Å². The smallest absolute Gasteiger partial charge is 0.324 e. The molecular weight excluding hydrogens is 170 g/mol. The lowest BCUT2D eigenvalue weighted by atomic mass is 9.85. The van der Waals surface area contributed by atoms with Crippen molar-refractivity contribution in [2.24, 2.45) is 0 Å². The SMILES string of the molecule is O=C(O)C1(N2CCC2)CCOCC1. The van der Waals surface area contributed by atoms with Crippen LogP contribution in [0.3, 0.4) is 0 Å². The van der Waals surface area contributed by atoms with Gasteiger partial charge in [-0.15, -0.1) is 0 Å². The number of aliphatic carboxylic acids is 1. The van der Waals surface area contributed by atoms with E-state index in [-0.39, 0.29) is 0 Å². The number of ether oxygens (including phenoxy) is 1. The molecule has 1 N–H and O–H groups in total. The zero-order valence-corrected chi connectivity index (χ0v) is 7.66. The Morgan fingerprint density at radius 2 is 1.92 bits per heavy atom. The number of nitrogens with zero attached hydrogens (tertiary/aromatic N) is 1. The molecule has 0 atom stereocenters. The molecule has 0 aliphatic carbocycles. The average Bonchev–Trinajstić information content (AvgIpc) is 2.02. The Hall–Kier alpha value is -0.610. The number of hydrogen-bond acceptors (Lipinski definition) is 3. The Balaban J connectivity index is 2.12. The Labute approximate surface area is 77.5 Å². The minimum Gasteiger partial charge on any atom is -0.480 e. The van der Waals surface area contributed by atoms with E-state index in [2.05, 4.69) is 4.90 Å². The molecule has 4 heteroatoms. The van der Waals surface area contributed by atoms with Crippen LogP contribution in [-0.2, 0) is 9.53 Å². The lowest BCUT2D eigenvalue weighted by molar-refractivity contribution is -0.163. The third-order valence-corrected chi connectivity index (χ3v) is 3.18. The van der Waals surface area contributed by atoms with Crippen LogP contribution < -0.4 is 0 Å². The average molecular weight is 185 g/mol. The molecular formula is C9H15NO3. The molecule has 2 heterocycles. The number of likely N-dealkylation sites (tertiary alicyclic amines) is 1. The first-order chi connectivity index (χ1) is 6.26. The summed E-state index contributed by atoms with van der Waals surface area (Å²) in [5.74, 6) is -0.671. The lowest BCUT2D eigenvalue weighted by Crippen LogP contribution is -2.62. The van der Waals surface area contributed by atoms with Gasteiger partial charge < -0.3 is 9.84 Å². The summed E-state index contributed by atoms with van der Waals surface area (Å²) in [6, 6.07) is 0. The fourth-order valence-corrected chi connectivity index (χ4v) is 2.12. The van der Waals surface area contributed by atoms with E-state index in [9.17, 15) is 9.90 Å². The Kier molecular flexibility index (Phi) is 2.26. The zero-order valence-electron chi connectivity index (χ0n) is 7.66. The highest BCUT2D eigenvalue weighted by molar-refractivity contribution is 5.79. The predicted molar refractivity (Wildman–Crippen MR) is 46.6 cm³/mol. The quantitative estimate of drug-likeness (QED) is 0.673. The van der Waals surface area contributed by atoms with E-state index < -0.39 is 11.5 Å². The van der Waals surface area contributed by atoms with Crippen molar-refractivity contribution in [3.05, 3.63) is 0 Å². The summed E-state index contributed by atoms with van der Waals surface area (Å²) in [7, 11) is 0. The zero-order chi connectivity index (χ0) is 9.31. The number of rotatable bonds is 2. The van der Waals surface area contributed by atoms with Crippen molar-refractivity contribution < 1.29 is 14.6 Å². The van der Waals surface area contributed by atoms with Gasteiger partial charge in [0.05, 0.1) is 0 Å². The van der Waals surface area contributed by atoms with E-state index in [4.69, 9.17) is 4.74 Å². The lowest BCUT2D eigenvalue weighted by Gasteiger charge is -2.47. The summed E-state index contributed by atoms with van der Waals surface area (Å²) in [4.78, 5) is 13.3. The molecule has 74 valence electrons. The minimum absolute atomic E-state index is 0.586. The highest BCUT2D eigenvalue weighted by Crippen LogP contribution is 2.31. The molecule has 0 aromatic rings. The van der Waals surface area contributed by atoms with Gasteiger partial charge in [-0.2, -0.15) is 0 Å². The van der Waals surface area contributed by atoms with Crippen LogP contribution in [0.2, 0.25) is 0 Å². The summed E-state index contributed by atoms with van der Waals surface area (Å²) in [6.45, 7) is 3.05. The fraction of sp³-hybridized carbons (Fsp3) is 0.889. The largest absolute Gasteiger partial charge is 0.480 e. The first kappa shape index (κ1) is 8.97. The maximum Gasteiger partial charge on any atom is 0.324 e. The Bertz CT molecular complexity index is 207. The number of carboxylic acids is 1. The van der Waals surface area contributed by atoms with Crippen LogP contribution in [0.1, 0.15) is 19.3 Å². The van der Waals surface area contributed by atoms with Gasteiger partial charge in [0.2, 0.25) is 0 Å². The van der Waals surface area contributed by atoms with Gasteiger partial charge in [0.1, 0.15) is 5.54 Å². The normalized spacial score (nSPS) is 28.0. The second-order valence-corrected chi connectivity index (χ2v) is 3.79. The van der Waals surface area contributed by atoms with Crippen molar-refractivity contribution in [2.45, 2.75) is 24.8 Å². The van der Waals surface area contributed by atoms with Crippen molar-refractivity contribution in [3.8, 4) is 0 Å². The van der Waals surface area contributed by atoms with Crippen LogP contribution >= 0.6 is 0 Å². The van der Waals surface area contributed by atoms with Gasteiger partial charge in [0, 0.05) is 26.3 Å². The molecule has 0 saturated carbocycles. The molecule has 0 unspecified atom stereocenters. The predicted octanol–water partition coefficient (Wildman–Crippen LogP) is 0.326. The van der Waals surface area contributed by atoms with Gasteiger partial charge in [-0.05, 0) is 19.3 Å². The maximum absolute atomic E-state index is 11.2. The van der Waals surface area contributed by atoms with Crippen molar-refractivity contribution >= 4 is 5.97 Å². The standard InChI is InChI=1S/C9H15NO3/c11-8(12)9(10-4-1-5-10)2-6-13-7-3-9/h1-7H2,(H,11,12). The van der Waals surface area contributed by atoms with Gasteiger partial charge in [-0.1, -0.05) is 0 Å². The molecule has 0 aromatic carbocycles. The fourth-order valence-electron chi connectivity index (χ4n) is 2.12. The monoisotopic (exact) mass is 185 g/mol. The van der Waals surface area contributed by atoms with Gasteiger partial charge in [0.15, 0.2) is 0 Å². The minimum atomic E-state index is -0.671. The summed E-state index contributed by atoms with van der Waals surface area (Å²) < 4.78 is 5.20. The van der Waals surface area contributed by atoms with Gasteiger partial charge in [-0.25, -0.2) is 0 Å². The third-order valence-electron chi connectivity index (χ3n) is 3.18. The Morgan fingerprint density at radius 3 is 2.31 bits per heavy atom. The molecule has 0 spiro atoms. The molecule has 13 heavy (non-hydrogen) atoms. The topological polar surface area (TPSA) is 49.8 Å². The maximum atomic E-state index is 11.2. The van der Waals surface area contributed by atoms with E-state index in [0.717, 1.165) is 19.5 Å². The van der Waals surface area contributed by atoms with E-state index >= 15 is 0 Å². The molecule has 0 bridgehead atoms. The first-order valence-corrected chi connectivity index (χ1v) is 4.82. The second kappa shape index (κ2) is 3.27. The van der Waals surface area contributed by atoms with E-state index in [0.29, 0.717) is 26.1 Å². The molecule has 2 saturated heterocycles. The van der Waals surface area contributed by atoms with E-state index in [1.54, 1.807) is 0 Å². The summed E-state index contributed by atoms with van der Waals surface area (Å²) >= 11 is 0. The van der Waals surface area contributed by atoms with Gasteiger partial charge in [0.25, 0.3) is 0 Å². The van der Waals surface area contributed by atoms with Crippen LogP contribution in [-0.4, -0.2) is 47.8 Å². The molecule has 2 aliphatic rings. The molecule has 2 rings (SSSR count). The van der Waals surface area contributed by atoms with Crippen LogP contribution in [0.25, 0.3) is 0 Å². The first-order valence-electron chi connectivity index (χ1n) is 4.82. The van der Waals surface area contributed by atoms with Gasteiger partial charge >= 0.3 is 5.97 Å². The van der Waals surface area contributed by atoms with Crippen LogP contribution in [0.15, 0.2) is 0 Å². The molecule has 2 fully saturated rings. The van der Waals surface area contributed by atoms with Crippen LogP contribution in [0, 0.1) is 0 Å². The highest BCUT2D eigenvalue weighted by Gasteiger charge is 2.47. The second-order valence-electron chi connectivity index (χ2n) is 3.79. The third kappa shape index (κ3) is 1.34. The molecule has 0 aromatic heterocycles. The summed E-state index contributed by atoms with van der Waals surface area (Å²) in [5.41, 5.74) is -0.601. The number of carbonyl (C=O) groups is 1. The molecule has 0 radical (unpaired) electrons. The van der Waals surface area contributed by atoms with Crippen molar-refractivity contribution in [2.75, 3.05) is 26.3 Å². The van der Waals surface area contributed by atoms with Crippen LogP contribution in [0.5, 0.6) is 0 Å². The Morgan fingerprint density at radius 1 is 1.31 bits per heavy atom. The van der Waals surface area contributed by atoms with Crippen molar-refractivity contribution in [1.29, 1.82) is 0 Å². The summed E-state index contributed by atoms with van der Waals surface area (Å²) in [6.07, 6.45) is 2.42. The molecule has 2 aliphatic heterocycles. The molecule has 4 nitrogen and oxygen atoms in total. The van der Waals surface area contributed by atoms with Crippen molar-refractivity contribution in [3.63, 3.8) is 0 Å². The molecule has 0 amide bonds. The number of hydrogen-bond donors (Lipinski definition) is 1. The summed E-state index contributed by atoms with van der Waals surface area (Å²) in [5, 5.41) is 9.23.